The minimum absolute atomic E-state index is 0.203. The van der Waals surface area contributed by atoms with Crippen molar-refractivity contribution >= 4 is 5.78 Å². The third-order valence-corrected chi connectivity index (χ3v) is 3.28. The van der Waals surface area contributed by atoms with E-state index in [1.54, 1.807) is 6.07 Å². The van der Waals surface area contributed by atoms with Crippen LogP contribution < -0.4 is 0 Å². The van der Waals surface area contributed by atoms with Crippen LogP contribution in [0.4, 0.5) is 8.78 Å². The van der Waals surface area contributed by atoms with E-state index in [9.17, 15) is 13.6 Å². The van der Waals surface area contributed by atoms with E-state index in [2.05, 4.69) is 0 Å². The lowest BCUT2D eigenvalue weighted by Crippen LogP contribution is -2.16. The number of benzene rings is 1. The van der Waals surface area contributed by atoms with Gasteiger partial charge >= 0.3 is 0 Å². The number of carbonyl (C=O) groups is 1. The molecule has 0 spiro atoms. The Labute approximate surface area is 93.5 Å². The highest BCUT2D eigenvalue weighted by molar-refractivity contribution is 5.81. The lowest BCUT2D eigenvalue weighted by molar-refractivity contribution is -0.117. The van der Waals surface area contributed by atoms with Gasteiger partial charge in [-0.05, 0) is 29.9 Å². The molecule has 0 aromatic heterocycles. The van der Waals surface area contributed by atoms with Crippen LogP contribution >= 0.6 is 0 Å². The molecule has 0 saturated heterocycles. The molecule has 0 N–H and O–H groups in total. The minimum atomic E-state index is -0.814. The van der Waals surface area contributed by atoms with Crippen molar-refractivity contribution in [3.05, 3.63) is 35.4 Å². The maximum Gasteiger partial charge on any atom is 0.162 e. The van der Waals surface area contributed by atoms with Crippen LogP contribution in [0.3, 0.4) is 0 Å². The summed E-state index contributed by atoms with van der Waals surface area (Å²) in [5, 5.41) is 0. The van der Waals surface area contributed by atoms with Crippen molar-refractivity contribution in [3.8, 4) is 0 Å². The minimum Gasteiger partial charge on any atom is -0.300 e. The van der Waals surface area contributed by atoms with E-state index in [-0.39, 0.29) is 11.2 Å². The van der Waals surface area contributed by atoms with Gasteiger partial charge in [0.2, 0.25) is 0 Å². The summed E-state index contributed by atoms with van der Waals surface area (Å²) < 4.78 is 26.5. The Bertz CT molecular complexity index is 428. The predicted molar refractivity (Wildman–Crippen MR) is 57.0 cm³/mol. The number of carbonyl (C=O) groups excluding carboxylic acids is 1. The molecule has 0 heterocycles. The Hall–Kier alpha value is -1.25. The van der Waals surface area contributed by atoms with Crippen LogP contribution in [0.2, 0.25) is 0 Å². The fourth-order valence-electron chi connectivity index (χ4n) is 2.39. The first kappa shape index (κ1) is 11.2. The average molecular weight is 224 g/mol. The van der Waals surface area contributed by atoms with Gasteiger partial charge in [-0.2, -0.15) is 0 Å². The van der Waals surface area contributed by atoms with Gasteiger partial charge in [0.1, 0.15) is 5.78 Å². The van der Waals surface area contributed by atoms with Crippen molar-refractivity contribution < 1.29 is 13.6 Å². The number of halogens is 2. The van der Waals surface area contributed by atoms with Crippen molar-refractivity contribution in [1.82, 2.24) is 0 Å². The molecular weight excluding hydrogens is 210 g/mol. The van der Waals surface area contributed by atoms with Gasteiger partial charge in [0.15, 0.2) is 11.6 Å². The van der Waals surface area contributed by atoms with Crippen molar-refractivity contribution in [3.63, 3.8) is 0 Å². The molecule has 0 amide bonds. The van der Waals surface area contributed by atoms with Gasteiger partial charge in [0.05, 0.1) is 0 Å². The third-order valence-electron chi connectivity index (χ3n) is 3.28. The molecule has 16 heavy (non-hydrogen) atoms. The molecule has 0 radical (unpaired) electrons. The zero-order valence-electron chi connectivity index (χ0n) is 9.22. The average Bonchev–Trinajstić information content (AvgIpc) is 2.54. The monoisotopic (exact) mass is 224 g/mol. The molecule has 2 rings (SSSR count). The highest BCUT2D eigenvalue weighted by Crippen LogP contribution is 2.39. The number of hydrogen-bond acceptors (Lipinski definition) is 1. The smallest absolute Gasteiger partial charge is 0.162 e. The van der Waals surface area contributed by atoms with Gasteiger partial charge < -0.3 is 0 Å². The van der Waals surface area contributed by atoms with E-state index in [4.69, 9.17) is 0 Å². The van der Waals surface area contributed by atoms with Crippen LogP contribution in [-0.2, 0) is 11.2 Å². The Balaban J connectivity index is 2.21. The fourth-order valence-corrected chi connectivity index (χ4v) is 2.39. The van der Waals surface area contributed by atoms with Crippen molar-refractivity contribution in [2.45, 2.75) is 32.6 Å². The Morgan fingerprint density at radius 3 is 2.75 bits per heavy atom. The maximum absolute atomic E-state index is 13.5. The number of ketones is 1. The molecule has 3 heteroatoms. The van der Waals surface area contributed by atoms with E-state index in [1.165, 1.54) is 6.07 Å². The summed E-state index contributed by atoms with van der Waals surface area (Å²) in [5.74, 6) is -1.37. The lowest BCUT2D eigenvalue weighted by atomic mass is 9.82. The second kappa shape index (κ2) is 3.96. The number of Topliss-reactive ketones (excluding diaryl/α,β-unsaturated/α-hetero) is 1. The highest BCUT2D eigenvalue weighted by atomic mass is 19.2. The van der Waals surface area contributed by atoms with Crippen LogP contribution in [-0.4, -0.2) is 5.78 Å². The van der Waals surface area contributed by atoms with Crippen LogP contribution in [0.25, 0.3) is 0 Å². The summed E-state index contributed by atoms with van der Waals surface area (Å²) in [6.07, 6.45) is 2.24. The molecule has 1 saturated carbocycles. The topological polar surface area (TPSA) is 17.1 Å². The highest BCUT2D eigenvalue weighted by Gasteiger charge is 2.34. The molecule has 1 nitrogen and oxygen atoms in total. The Morgan fingerprint density at radius 1 is 1.38 bits per heavy atom. The largest absolute Gasteiger partial charge is 0.300 e. The molecule has 1 atom stereocenters. The zero-order chi connectivity index (χ0) is 11.8. The summed E-state index contributed by atoms with van der Waals surface area (Å²) in [6.45, 7) is 1.96. The molecule has 1 aromatic carbocycles. The van der Waals surface area contributed by atoms with Crippen LogP contribution in [0.15, 0.2) is 18.2 Å². The molecule has 0 aliphatic heterocycles. The normalized spacial score (nSPS) is 25.1. The summed E-state index contributed by atoms with van der Waals surface area (Å²) in [6, 6.07) is 4.21. The van der Waals surface area contributed by atoms with Gasteiger partial charge in [0, 0.05) is 12.8 Å². The maximum atomic E-state index is 13.5. The van der Waals surface area contributed by atoms with Crippen molar-refractivity contribution in [2.24, 2.45) is 5.41 Å². The van der Waals surface area contributed by atoms with E-state index < -0.39 is 11.6 Å². The predicted octanol–water partition coefficient (Wildman–Crippen LogP) is 3.27. The SMILES string of the molecule is CC1(Cc2cccc(F)c2F)CCC(=O)C1. The van der Waals surface area contributed by atoms with Gasteiger partial charge in [-0.1, -0.05) is 19.1 Å². The molecule has 1 aliphatic carbocycles. The fraction of sp³-hybridized carbons (Fsp3) is 0.462. The van der Waals surface area contributed by atoms with Crippen LogP contribution in [0.5, 0.6) is 0 Å². The second-order valence-corrected chi connectivity index (χ2v) is 4.92. The molecule has 1 aliphatic rings. The van der Waals surface area contributed by atoms with Crippen molar-refractivity contribution in [2.75, 3.05) is 0 Å². The van der Waals surface area contributed by atoms with Gasteiger partial charge in [-0.25, -0.2) is 8.78 Å². The first-order chi connectivity index (χ1) is 7.50. The molecular formula is C13H14F2O. The third kappa shape index (κ3) is 2.13. The lowest BCUT2D eigenvalue weighted by Gasteiger charge is -2.22. The molecule has 0 bridgehead atoms. The summed E-state index contributed by atoms with van der Waals surface area (Å²) in [7, 11) is 0. The Morgan fingerprint density at radius 2 is 2.12 bits per heavy atom. The standard InChI is InChI=1S/C13H14F2O/c1-13(6-5-10(16)8-13)7-9-3-2-4-11(14)12(9)15/h2-4H,5-8H2,1H3. The quantitative estimate of drug-likeness (QED) is 0.753. The summed E-state index contributed by atoms with van der Waals surface area (Å²) >= 11 is 0. The number of hydrogen-bond donors (Lipinski definition) is 0. The van der Waals surface area contributed by atoms with E-state index in [1.807, 2.05) is 6.92 Å². The van der Waals surface area contributed by atoms with Gasteiger partial charge in [-0.3, -0.25) is 4.79 Å². The van der Waals surface area contributed by atoms with Crippen LogP contribution in [0.1, 0.15) is 31.7 Å². The molecule has 1 fully saturated rings. The molecule has 86 valence electrons. The second-order valence-electron chi connectivity index (χ2n) is 4.92. The number of rotatable bonds is 2. The van der Waals surface area contributed by atoms with E-state index in [0.717, 1.165) is 12.5 Å². The zero-order valence-corrected chi connectivity index (χ0v) is 9.22. The van der Waals surface area contributed by atoms with E-state index >= 15 is 0 Å². The summed E-state index contributed by atoms with van der Waals surface area (Å²) in [5.41, 5.74) is 0.170. The molecule has 1 unspecified atom stereocenters. The summed E-state index contributed by atoms with van der Waals surface area (Å²) in [4.78, 5) is 11.2. The van der Waals surface area contributed by atoms with E-state index in [0.29, 0.717) is 24.8 Å². The Kier molecular flexibility index (Phi) is 2.78. The van der Waals surface area contributed by atoms with Crippen molar-refractivity contribution in [1.29, 1.82) is 0 Å². The molecule has 1 aromatic rings. The van der Waals surface area contributed by atoms with Gasteiger partial charge in [0.25, 0.3) is 0 Å². The van der Waals surface area contributed by atoms with Crippen LogP contribution in [0, 0.1) is 17.0 Å². The first-order valence-corrected chi connectivity index (χ1v) is 5.45. The first-order valence-electron chi connectivity index (χ1n) is 5.45. The van der Waals surface area contributed by atoms with Gasteiger partial charge in [-0.15, -0.1) is 0 Å².